The molecule has 7 nitrogen and oxygen atoms in total. The van der Waals surface area contributed by atoms with E-state index in [1.165, 1.54) is 12.1 Å². The van der Waals surface area contributed by atoms with Crippen LogP contribution in [0.4, 0.5) is 18.9 Å². The molecule has 2 rings (SSSR count). The number of nitro benzene ring substituents is 1. The highest BCUT2D eigenvalue weighted by molar-refractivity contribution is 5.88. The van der Waals surface area contributed by atoms with Crippen LogP contribution in [0.2, 0.25) is 0 Å². The van der Waals surface area contributed by atoms with Gasteiger partial charge in [-0.1, -0.05) is 6.07 Å². The number of carbonyl (C=O) groups excluding carboxylic acids is 2. The van der Waals surface area contributed by atoms with Crippen molar-refractivity contribution in [1.29, 1.82) is 0 Å². The molecule has 1 atom stereocenters. The zero-order valence-electron chi connectivity index (χ0n) is 11.8. The van der Waals surface area contributed by atoms with Crippen molar-refractivity contribution in [2.75, 3.05) is 7.11 Å². The maximum Gasteiger partial charge on any atom is 0.471 e. The van der Waals surface area contributed by atoms with Gasteiger partial charge < -0.3 is 9.64 Å². The molecule has 124 valence electrons. The van der Waals surface area contributed by atoms with Crippen LogP contribution in [0.5, 0.6) is 0 Å². The summed E-state index contributed by atoms with van der Waals surface area (Å²) in [6, 6.07) is 2.22. The van der Waals surface area contributed by atoms with Crippen LogP contribution in [0.15, 0.2) is 18.2 Å². The van der Waals surface area contributed by atoms with Crippen LogP contribution in [0.3, 0.4) is 0 Å². The molecule has 1 aliphatic heterocycles. The molecule has 0 radical (unpaired) electrons. The summed E-state index contributed by atoms with van der Waals surface area (Å²) in [7, 11) is 1.00. The van der Waals surface area contributed by atoms with Crippen molar-refractivity contribution in [2.24, 2.45) is 0 Å². The first-order chi connectivity index (χ1) is 10.6. The van der Waals surface area contributed by atoms with Gasteiger partial charge in [-0.15, -0.1) is 0 Å². The summed E-state index contributed by atoms with van der Waals surface area (Å²) < 4.78 is 42.6. The van der Waals surface area contributed by atoms with Gasteiger partial charge in [0.15, 0.2) is 0 Å². The lowest BCUT2D eigenvalue weighted by Crippen LogP contribution is -2.53. The van der Waals surface area contributed by atoms with E-state index in [4.69, 9.17) is 0 Å². The van der Waals surface area contributed by atoms with Crippen LogP contribution >= 0.6 is 0 Å². The van der Waals surface area contributed by atoms with Crippen LogP contribution in [-0.2, 0) is 27.3 Å². The number of hydrogen-bond acceptors (Lipinski definition) is 5. The van der Waals surface area contributed by atoms with Gasteiger partial charge in [-0.05, 0) is 11.1 Å². The number of amides is 1. The molecule has 0 aliphatic carbocycles. The van der Waals surface area contributed by atoms with Gasteiger partial charge in [0.25, 0.3) is 5.69 Å². The van der Waals surface area contributed by atoms with E-state index in [-0.39, 0.29) is 17.7 Å². The monoisotopic (exact) mass is 332 g/mol. The van der Waals surface area contributed by atoms with E-state index in [1.54, 1.807) is 0 Å². The third kappa shape index (κ3) is 3.25. The van der Waals surface area contributed by atoms with Gasteiger partial charge in [0.05, 0.1) is 12.0 Å². The fourth-order valence-corrected chi connectivity index (χ4v) is 2.41. The van der Waals surface area contributed by atoms with Crippen molar-refractivity contribution in [3.63, 3.8) is 0 Å². The Morgan fingerprint density at radius 2 is 2.00 bits per heavy atom. The summed E-state index contributed by atoms with van der Waals surface area (Å²) >= 11 is 0. The summed E-state index contributed by atoms with van der Waals surface area (Å²) in [4.78, 5) is 33.6. The number of carbonyl (C=O) groups is 2. The smallest absolute Gasteiger partial charge is 0.467 e. The van der Waals surface area contributed by atoms with E-state index in [0.717, 1.165) is 13.2 Å². The Balaban J connectivity index is 2.44. The second kappa shape index (κ2) is 5.86. The Morgan fingerprint density at radius 3 is 2.52 bits per heavy atom. The van der Waals surface area contributed by atoms with Gasteiger partial charge in [-0.2, -0.15) is 13.2 Å². The summed E-state index contributed by atoms with van der Waals surface area (Å²) in [5, 5.41) is 10.8. The number of methoxy groups -OCH3 is 1. The number of fused-ring (bicyclic) bond motifs is 1. The van der Waals surface area contributed by atoms with Gasteiger partial charge in [0, 0.05) is 25.1 Å². The number of halogens is 3. The minimum atomic E-state index is -5.16. The summed E-state index contributed by atoms with van der Waals surface area (Å²) in [5.41, 5.74) is 0.342. The number of nitrogens with zero attached hydrogens (tertiary/aromatic N) is 2. The predicted molar refractivity (Wildman–Crippen MR) is 69.2 cm³/mol. The minimum Gasteiger partial charge on any atom is -0.467 e. The van der Waals surface area contributed by atoms with E-state index in [2.05, 4.69) is 4.74 Å². The molecule has 23 heavy (non-hydrogen) atoms. The summed E-state index contributed by atoms with van der Waals surface area (Å²) in [6.07, 6.45) is -5.37. The van der Waals surface area contributed by atoms with Crippen molar-refractivity contribution in [2.45, 2.75) is 25.2 Å². The number of non-ortho nitro benzene ring substituents is 1. The van der Waals surface area contributed by atoms with Crippen molar-refractivity contribution in [3.05, 3.63) is 39.4 Å². The summed E-state index contributed by atoms with van der Waals surface area (Å²) in [6.45, 7) is -0.560. The lowest BCUT2D eigenvalue weighted by molar-refractivity contribution is -0.385. The van der Waals surface area contributed by atoms with Crippen LogP contribution in [0, 0.1) is 10.1 Å². The molecule has 0 aromatic heterocycles. The Bertz CT molecular complexity index is 674. The highest BCUT2D eigenvalue weighted by atomic mass is 19.4. The molecule has 1 aliphatic rings. The molecule has 1 heterocycles. The lowest BCUT2D eigenvalue weighted by atomic mass is 9.93. The second-order valence-electron chi connectivity index (χ2n) is 4.88. The minimum absolute atomic E-state index is 0.192. The van der Waals surface area contributed by atoms with Crippen molar-refractivity contribution < 1.29 is 32.4 Å². The molecule has 1 amide bonds. The van der Waals surface area contributed by atoms with Gasteiger partial charge >= 0.3 is 18.1 Å². The van der Waals surface area contributed by atoms with Crippen molar-refractivity contribution in [1.82, 2.24) is 4.90 Å². The van der Waals surface area contributed by atoms with E-state index < -0.39 is 35.6 Å². The van der Waals surface area contributed by atoms with Crippen LogP contribution in [-0.4, -0.2) is 41.0 Å². The fraction of sp³-hybridized carbons (Fsp3) is 0.385. The number of rotatable bonds is 2. The quantitative estimate of drug-likeness (QED) is 0.466. The topological polar surface area (TPSA) is 89.8 Å². The molecule has 0 bridgehead atoms. The third-order valence-corrected chi connectivity index (χ3v) is 3.51. The predicted octanol–water partition coefficient (Wildman–Crippen LogP) is 1.58. The molecule has 10 heteroatoms. The molecule has 0 N–H and O–H groups in total. The zero-order valence-corrected chi connectivity index (χ0v) is 11.8. The normalized spacial score (nSPS) is 17.4. The highest BCUT2D eigenvalue weighted by Crippen LogP contribution is 2.30. The lowest BCUT2D eigenvalue weighted by Gasteiger charge is -2.35. The molecular formula is C13H11F3N2O5. The Hall–Kier alpha value is -2.65. The maximum atomic E-state index is 12.7. The Morgan fingerprint density at radius 1 is 1.35 bits per heavy atom. The molecule has 0 spiro atoms. The average Bonchev–Trinajstić information content (AvgIpc) is 2.50. The molecule has 0 saturated heterocycles. The Kier molecular flexibility index (Phi) is 4.26. The van der Waals surface area contributed by atoms with E-state index in [9.17, 15) is 32.9 Å². The largest absolute Gasteiger partial charge is 0.471 e. The van der Waals surface area contributed by atoms with Crippen molar-refractivity contribution >= 4 is 17.6 Å². The maximum absolute atomic E-state index is 12.7. The molecular weight excluding hydrogens is 321 g/mol. The van der Waals surface area contributed by atoms with Crippen LogP contribution in [0.25, 0.3) is 0 Å². The molecule has 1 unspecified atom stereocenters. The Labute approximate surface area is 127 Å². The zero-order chi connectivity index (χ0) is 17.4. The van der Waals surface area contributed by atoms with E-state index in [0.29, 0.717) is 10.5 Å². The van der Waals surface area contributed by atoms with Crippen LogP contribution in [0.1, 0.15) is 11.1 Å². The van der Waals surface area contributed by atoms with Gasteiger partial charge in [0.2, 0.25) is 0 Å². The number of esters is 1. The number of nitro groups is 1. The molecule has 0 fully saturated rings. The first-order valence-electron chi connectivity index (χ1n) is 6.37. The molecule has 1 aromatic carbocycles. The van der Waals surface area contributed by atoms with Gasteiger partial charge in [-0.25, -0.2) is 4.79 Å². The first-order valence-corrected chi connectivity index (χ1v) is 6.37. The van der Waals surface area contributed by atoms with E-state index in [1.807, 2.05) is 0 Å². The van der Waals surface area contributed by atoms with Gasteiger partial charge in [-0.3, -0.25) is 14.9 Å². The fourth-order valence-electron chi connectivity index (χ4n) is 2.41. The van der Waals surface area contributed by atoms with Crippen molar-refractivity contribution in [3.8, 4) is 0 Å². The average molecular weight is 332 g/mol. The SMILES string of the molecule is COC(=O)C1Cc2ccc([N+](=O)[O-])cc2CN1C(=O)C(F)(F)F. The number of ether oxygens (including phenoxy) is 1. The molecule has 1 aromatic rings. The number of hydrogen-bond donors (Lipinski definition) is 0. The third-order valence-electron chi connectivity index (χ3n) is 3.51. The molecule has 0 saturated carbocycles. The van der Waals surface area contributed by atoms with E-state index >= 15 is 0 Å². The standard InChI is InChI=1S/C13H11F3N2O5/c1-23-11(19)10-5-7-2-3-9(18(21)22)4-8(7)6-17(10)12(20)13(14,15)16/h2-4,10H,5-6H2,1H3. The second-order valence-corrected chi connectivity index (χ2v) is 4.88. The van der Waals surface area contributed by atoms with Crippen LogP contribution < -0.4 is 0 Å². The highest BCUT2D eigenvalue weighted by Gasteiger charge is 2.48. The summed E-state index contributed by atoms with van der Waals surface area (Å²) in [5.74, 6) is -3.17. The number of benzene rings is 1. The van der Waals surface area contributed by atoms with Gasteiger partial charge in [0.1, 0.15) is 6.04 Å². The number of alkyl halides is 3. The first kappa shape index (κ1) is 16.7.